The number of fused-ring (bicyclic) bond motifs is 1. The standard InChI is InChI=1S/C12H16N2O2/c1-14(12(13)16)11-4-2-3-8-5-6-9(15)7-10(8)11/h2-4,9,15H,5-7H2,1H3,(H2,13,16). The number of anilines is 1. The summed E-state index contributed by atoms with van der Waals surface area (Å²) >= 11 is 0. The molecule has 0 fully saturated rings. The second-order valence-electron chi connectivity index (χ2n) is 4.21. The van der Waals surface area contributed by atoms with Crippen LogP contribution >= 0.6 is 0 Å². The third-order valence-electron chi connectivity index (χ3n) is 3.13. The van der Waals surface area contributed by atoms with E-state index in [0.29, 0.717) is 6.42 Å². The number of carbonyl (C=O) groups excluding carboxylic acids is 1. The number of hydrogen-bond acceptors (Lipinski definition) is 2. The van der Waals surface area contributed by atoms with E-state index in [2.05, 4.69) is 0 Å². The minimum atomic E-state index is -0.478. The highest BCUT2D eigenvalue weighted by Crippen LogP contribution is 2.29. The zero-order chi connectivity index (χ0) is 11.7. The number of urea groups is 1. The quantitative estimate of drug-likeness (QED) is 0.743. The molecule has 0 spiro atoms. The zero-order valence-corrected chi connectivity index (χ0v) is 9.31. The monoisotopic (exact) mass is 220 g/mol. The van der Waals surface area contributed by atoms with E-state index in [0.717, 1.165) is 24.1 Å². The maximum absolute atomic E-state index is 11.2. The van der Waals surface area contributed by atoms with Crippen LogP contribution < -0.4 is 10.6 Å². The van der Waals surface area contributed by atoms with Gasteiger partial charge in [-0.3, -0.25) is 4.90 Å². The first-order chi connectivity index (χ1) is 7.59. The molecule has 0 radical (unpaired) electrons. The highest BCUT2D eigenvalue weighted by molar-refractivity contribution is 5.91. The first kappa shape index (κ1) is 11.0. The lowest BCUT2D eigenvalue weighted by molar-refractivity contribution is 0.158. The fourth-order valence-corrected chi connectivity index (χ4v) is 2.18. The van der Waals surface area contributed by atoms with Crippen molar-refractivity contribution in [2.45, 2.75) is 25.4 Å². The van der Waals surface area contributed by atoms with E-state index >= 15 is 0 Å². The van der Waals surface area contributed by atoms with Gasteiger partial charge in [0.25, 0.3) is 0 Å². The molecule has 1 aliphatic carbocycles. The van der Waals surface area contributed by atoms with E-state index in [-0.39, 0.29) is 6.10 Å². The van der Waals surface area contributed by atoms with Crippen LogP contribution in [0.2, 0.25) is 0 Å². The Bertz CT molecular complexity index is 417. The normalized spacial score (nSPS) is 19.0. The Morgan fingerprint density at radius 1 is 1.56 bits per heavy atom. The summed E-state index contributed by atoms with van der Waals surface area (Å²) < 4.78 is 0. The minimum absolute atomic E-state index is 0.310. The third-order valence-corrected chi connectivity index (χ3v) is 3.13. The Morgan fingerprint density at radius 3 is 3.00 bits per heavy atom. The number of amides is 2. The molecule has 4 nitrogen and oxygen atoms in total. The number of hydrogen-bond donors (Lipinski definition) is 2. The van der Waals surface area contributed by atoms with Crippen LogP contribution in [0.3, 0.4) is 0 Å². The van der Waals surface area contributed by atoms with Crippen LogP contribution in [-0.4, -0.2) is 24.3 Å². The van der Waals surface area contributed by atoms with Gasteiger partial charge in [-0.2, -0.15) is 0 Å². The molecular weight excluding hydrogens is 204 g/mol. The number of nitrogens with two attached hydrogens (primary N) is 1. The van der Waals surface area contributed by atoms with Gasteiger partial charge in [0.2, 0.25) is 0 Å². The van der Waals surface area contributed by atoms with Crippen LogP contribution in [-0.2, 0) is 12.8 Å². The molecule has 1 aromatic carbocycles. The molecule has 16 heavy (non-hydrogen) atoms. The van der Waals surface area contributed by atoms with Gasteiger partial charge in [-0.15, -0.1) is 0 Å². The van der Waals surface area contributed by atoms with Crippen molar-refractivity contribution >= 4 is 11.7 Å². The van der Waals surface area contributed by atoms with Crippen molar-refractivity contribution in [3.63, 3.8) is 0 Å². The fraction of sp³-hybridized carbons (Fsp3) is 0.417. The first-order valence-electron chi connectivity index (χ1n) is 5.41. The van der Waals surface area contributed by atoms with Crippen molar-refractivity contribution in [2.24, 2.45) is 5.73 Å². The van der Waals surface area contributed by atoms with Gasteiger partial charge in [-0.05, 0) is 30.0 Å². The molecule has 1 aromatic rings. The molecule has 0 saturated carbocycles. The predicted octanol–water partition coefficient (Wildman–Crippen LogP) is 1.05. The first-order valence-corrected chi connectivity index (χ1v) is 5.41. The molecule has 86 valence electrons. The number of aliphatic hydroxyl groups excluding tert-OH is 1. The summed E-state index contributed by atoms with van der Waals surface area (Å²) in [6.07, 6.45) is 1.94. The van der Waals surface area contributed by atoms with E-state index in [1.165, 1.54) is 10.5 Å². The Morgan fingerprint density at radius 2 is 2.31 bits per heavy atom. The molecule has 0 bridgehead atoms. The molecule has 0 saturated heterocycles. The molecule has 1 aliphatic rings. The molecule has 2 amide bonds. The molecule has 1 unspecified atom stereocenters. The predicted molar refractivity (Wildman–Crippen MR) is 62.5 cm³/mol. The molecular formula is C12H16N2O2. The van der Waals surface area contributed by atoms with Gasteiger partial charge >= 0.3 is 6.03 Å². The molecule has 0 aromatic heterocycles. The second-order valence-corrected chi connectivity index (χ2v) is 4.21. The summed E-state index contributed by atoms with van der Waals surface area (Å²) in [6.45, 7) is 0. The molecule has 4 heteroatoms. The summed E-state index contributed by atoms with van der Waals surface area (Å²) in [5.74, 6) is 0. The van der Waals surface area contributed by atoms with Gasteiger partial charge < -0.3 is 10.8 Å². The molecule has 0 aliphatic heterocycles. The summed E-state index contributed by atoms with van der Waals surface area (Å²) in [6, 6.07) is 5.35. The molecule has 3 N–H and O–H groups in total. The Kier molecular flexibility index (Phi) is 2.83. The second kappa shape index (κ2) is 4.14. The van der Waals surface area contributed by atoms with Gasteiger partial charge in [-0.25, -0.2) is 4.79 Å². The van der Waals surface area contributed by atoms with Gasteiger partial charge in [0.1, 0.15) is 0 Å². The molecule has 2 rings (SSSR count). The Labute approximate surface area is 94.7 Å². The van der Waals surface area contributed by atoms with Gasteiger partial charge in [-0.1, -0.05) is 12.1 Å². The largest absolute Gasteiger partial charge is 0.393 e. The SMILES string of the molecule is CN(C(N)=O)c1cccc2c1CC(O)CC2. The Balaban J connectivity index is 2.43. The lowest BCUT2D eigenvalue weighted by Gasteiger charge is -2.26. The van der Waals surface area contributed by atoms with Crippen molar-refractivity contribution in [2.75, 3.05) is 11.9 Å². The van der Waals surface area contributed by atoms with Crippen LogP contribution in [0.5, 0.6) is 0 Å². The van der Waals surface area contributed by atoms with Gasteiger partial charge in [0.15, 0.2) is 0 Å². The summed E-state index contributed by atoms with van der Waals surface area (Å²) in [5.41, 5.74) is 8.32. The van der Waals surface area contributed by atoms with Gasteiger partial charge in [0.05, 0.1) is 6.10 Å². The topological polar surface area (TPSA) is 66.6 Å². The number of nitrogens with zero attached hydrogens (tertiary/aromatic N) is 1. The van der Waals surface area contributed by atoms with Crippen LogP contribution in [0, 0.1) is 0 Å². The van der Waals surface area contributed by atoms with E-state index in [4.69, 9.17) is 5.73 Å². The van der Waals surface area contributed by atoms with E-state index in [1.54, 1.807) is 7.05 Å². The highest BCUT2D eigenvalue weighted by Gasteiger charge is 2.21. The van der Waals surface area contributed by atoms with Crippen molar-refractivity contribution in [1.82, 2.24) is 0 Å². The smallest absolute Gasteiger partial charge is 0.319 e. The third kappa shape index (κ3) is 1.88. The van der Waals surface area contributed by atoms with Crippen LogP contribution in [0.25, 0.3) is 0 Å². The average Bonchev–Trinajstić information content (AvgIpc) is 2.27. The maximum atomic E-state index is 11.2. The van der Waals surface area contributed by atoms with Gasteiger partial charge in [0, 0.05) is 19.2 Å². The summed E-state index contributed by atoms with van der Waals surface area (Å²) in [4.78, 5) is 12.6. The van der Waals surface area contributed by atoms with Crippen LogP contribution in [0.4, 0.5) is 10.5 Å². The highest BCUT2D eigenvalue weighted by atomic mass is 16.3. The van der Waals surface area contributed by atoms with Crippen molar-refractivity contribution < 1.29 is 9.90 Å². The van der Waals surface area contributed by atoms with Crippen LogP contribution in [0.15, 0.2) is 18.2 Å². The fourth-order valence-electron chi connectivity index (χ4n) is 2.18. The van der Waals surface area contributed by atoms with Crippen molar-refractivity contribution in [3.05, 3.63) is 29.3 Å². The number of primary amides is 1. The average molecular weight is 220 g/mol. The van der Waals surface area contributed by atoms with E-state index in [9.17, 15) is 9.90 Å². The van der Waals surface area contributed by atoms with E-state index < -0.39 is 6.03 Å². The number of aliphatic hydroxyl groups is 1. The number of carbonyl (C=O) groups is 1. The van der Waals surface area contributed by atoms with Crippen LogP contribution in [0.1, 0.15) is 17.5 Å². The number of aryl methyl sites for hydroxylation is 1. The maximum Gasteiger partial charge on any atom is 0.319 e. The molecule has 1 atom stereocenters. The van der Waals surface area contributed by atoms with Crippen molar-refractivity contribution in [1.29, 1.82) is 0 Å². The lowest BCUT2D eigenvalue weighted by Crippen LogP contribution is -2.33. The Hall–Kier alpha value is -1.55. The zero-order valence-electron chi connectivity index (χ0n) is 9.31. The number of rotatable bonds is 1. The minimum Gasteiger partial charge on any atom is -0.393 e. The lowest BCUT2D eigenvalue weighted by atomic mass is 9.88. The molecule has 0 heterocycles. The van der Waals surface area contributed by atoms with Crippen molar-refractivity contribution in [3.8, 4) is 0 Å². The van der Waals surface area contributed by atoms with E-state index in [1.807, 2.05) is 18.2 Å². The number of benzene rings is 1. The summed E-state index contributed by atoms with van der Waals surface area (Å²) in [7, 11) is 1.65. The summed E-state index contributed by atoms with van der Waals surface area (Å²) in [5, 5.41) is 9.67.